The number of anilines is 4. The van der Waals surface area contributed by atoms with Gasteiger partial charge in [-0.05, 0) is 41.1 Å². The van der Waals surface area contributed by atoms with Gasteiger partial charge in [-0.15, -0.1) is 11.8 Å². The molecule has 0 fully saturated rings. The number of rotatable bonds is 10. The number of aromatic nitrogens is 2. The first-order chi connectivity index (χ1) is 17.9. The Balaban J connectivity index is 1.86. The molecule has 0 bridgehead atoms. The maximum Gasteiger partial charge on any atom is 0.492 e. The monoisotopic (exact) mass is 573 g/mol. The number of hydroxylamine groups is 1. The van der Waals surface area contributed by atoms with Gasteiger partial charge in [0.2, 0.25) is 0 Å². The quantitative estimate of drug-likeness (QED) is 0.265. The summed E-state index contributed by atoms with van der Waals surface area (Å²) in [6, 6.07) is 10.5. The van der Waals surface area contributed by atoms with E-state index in [1.54, 1.807) is 30.5 Å². The molecule has 0 amide bonds. The van der Waals surface area contributed by atoms with Crippen molar-refractivity contribution in [2.24, 2.45) is 0 Å². The molecule has 2 N–H and O–H groups in total. The number of carbonyl (C=O) groups excluding carboxylic acids is 1. The summed E-state index contributed by atoms with van der Waals surface area (Å²) in [5.74, 6) is -0.953. The molecule has 16 heteroatoms. The third-order valence-electron chi connectivity index (χ3n) is 4.84. The average molecular weight is 574 g/mol. The first kappa shape index (κ1) is 28.8. The molecular formula is C22H22F3N5O6S2. The molecule has 1 aromatic heterocycles. The largest absolute Gasteiger partial charge is 0.493 e. The minimum atomic E-state index is -5.37. The Morgan fingerprint density at radius 1 is 0.974 bits per heavy atom. The fourth-order valence-corrected chi connectivity index (χ4v) is 4.51. The summed E-state index contributed by atoms with van der Waals surface area (Å²) >= 11 is 1.28. The summed E-state index contributed by atoms with van der Waals surface area (Å²) < 4.78 is 73.4. The molecule has 0 aliphatic carbocycles. The van der Waals surface area contributed by atoms with Crippen molar-refractivity contribution < 1.29 is 40.7 Å². The molecule has 0 aliphatic heterocycles. The number of carbonyl (C=O) groups is 1. The van der Waals surface area contributed by atoms with Crippen LogP contribution in [0.5, 0.6) is 11.5 Å². The molecule has 0 unspecified atom stereocenters. The number of alkyl halides is 3. The van der Waals surface area contributed by atoms with Crippen molar-refractivity contribution in [2.45, 2.75) is 16.0 Å². The maximum atomic E-state index is 12.7. The Hall–Kier alpha value is -3.76. The number of nitrogens with zero attached hydrogens (tertiary/aromatic N) is 3. The fourth-order valence-electron chi connectivity index (χ4n) is 3.01. The van der Waals surface area contributed by atoms with Gasteiger partial charge in [0.1, 0.15) is 18.0 Å². The lowest BCUT2D eigenvalue weighted by atomic mass is 10.2. The molecule has 1 heterocycles. The van der Waals surface area contributed by atoms with Gasteiger partial charge in [-0.1, -0.05) is 0 Å². The van der Waals surface area contributed by atoms with Crippen molar-refractivity contribution in [1.29, 1.82) is 0 Å². The van der Waals surface area contributed by atoms with Crippen LogP contribution in [0.1, 0.15) is 0 Å². The van der Waals surface area contributed by atoms with Crippen LogP contribution in [0.3, 0.4) is 0 Å². The third kappa shape index (κ3) is 6.76. The Kier molecular flexibility index (Phi) is 8.90. The number of benzene rings is 2. The van der Waals surface area contributed by atoms with Crippen molar-refractivity contribution in [1.82, 2.24) is 14.4 Å². The molecule has 38 heavy (non-hydrogen) atoms. The second kappa shape index (κ2) is 11.7. The minimum Gasteiger partial charge on any atom is -0.493 e. The van der Waals surface area contributed by atoms with Gasteiger partial charge in [-0.2, -0.15) is 13.2 Å². The van der Waals surface area contributed by atoms with E-state index in [1.165, 1.54) is 50.5 Å². The third-order valence-corrected chi connectivity index (χ3v) is 7.23. The van der Waals surface area contributed by atoms with E-state index in [0.717, 1.165) is 0 Å². The van der Waals surface area contributed by atoms with Crippen molar-refractivity contribution in [2.75, 3.05) is 38.2 Å². The summed E-state index contributed by atoms with van der Waals surface area (Å²) in [6.45, 7) is 0. The van der Waals surface area contributed by atoms with E-state index < -0.39 is 27.1 Å². The molecule has 0 atom stereocenters. The summed E-state index contributed by atoms with van der Waals surface area (Å²) in [5.41, 5.74) is 0.923. The van der Waals surface area contributed by atoms with Gasteiger partial charge in [0, 0.05) is 29.8 Å². The normalized spacial score (nSPS) is 11.7. The zero-order valence-corrected chi connectivity index (χ0v) is 22.0. The topological polar surface area (TPSA) is 132 Å². The molecule has 204 valence electrons. The van der Waals surface area contributed by atoms with Crippen LogP contribution in [0.4, 0.5) is 36.2 Å². The molecule has 0 saturated heterocycles. The lowest BCUT2D eigenvalue weighted by molar-refractivity contribution is -0.219. The highest BCUT2D eigenvalue weighted by Crippen LogP contribution is 2.33. The Labute approximate surface area is 220 Å². The Morgan fingerprint density at radius 3 is 2.24 bits per heavy atom. The zero-order chi connectivity index (χ0) is 28.1. The van der Waals surface area contributed by atoms with E-state index in [0.29, 0.717) is 34.9 Å². The predicted octanol–water partition coefficient (Wildman–Crippen LogP) is 4.34. The lowest BCUT2D eigenvalue weighted by Crippen LogP contribution is -2.36. The van der Waals surface area contributed by atoms with E-state index in [1.807, 2.05) is 0 Å². The first-order valence-corrected chi connectivity index (χ1v) is 13.1. The van der Waals surface area contributed by atoms with E-state index in [9.17, 15) is 26.4 Å². The summed E-state index contributed by atoms with van der Waals surface area (Å²) in [7, 11) is -0.915. The molecule has 2 aromatic carbocycles. The van der Waals surface area contributed by atoms with Crippen molar-refractivity contribution in [3.8, 4) is 11.5 Å². The SMILES string of the molecule is COc1ccc(Nc2cc(Nc3cc(S(=O)(=O)N(C)OC(=O)C(F)(F)F)ccc3SC)ncn2)cc1OC. The molecule has 11 nitrogen and oxygen atoms in total. The van der Waals surface area contributed by atoms with E-state index in [4.69, 9.17) is 9.47 Å². The van der Waals surface area contributed by atoms with E-state index >= 15 is 0 Å². The molecular weight excluding hydrogens is 551 g/mol. The number of ether oxygens (including phenoxy) is 2. The van der Waals surface area contributed by atoms with Crippen molar-refractivity contribution >= 4 is 50.8 Å². The highest BCUT2D eigenvalue weighted by molar-refractivity contribution is 7.98. The van der Waals surface area contributed by atoms with Gasteiger partial charge >= 0.3 is 12.1 Å². The Morgan fingerprint density at radius 2 is 1.63 bits per heavy atom. The number of hydrogen-bond donors (Lipinski definition) is 2. The van der Waals surface area contributed by atoms with Crippen LogP contribution in [-0.4, -0.2) is 62.5 Å². The van der Waals surface area contributed by atoms with E-state index in [2.05, 4.69) is 25.4 Å². The summed E-state index contributed by atoms with van der Waals surface area (Å²) in [5, 5.41) is 6.07. The van der Waals surface area contributed by atoms with Crippen molar-refractivity contribution in [3.63, 3.8) is 0 Å². The number of thioether (sulfide) groups is 1. The Bertz CT molecular complexity index is 1420. The lowest BCUT2D eigenvalue weighted by Gasteiger charge is -2.18. The standard InChI is InChI=1S/C22H22F3N5O6S2/c1-30(36-21(31)22(23,24)25)38(32,33)14-6-8-18(37-4)15(10-14)29-20-11-19(26-12-27-20)28-13-5-7-16(34-2)17(9-13)35-3/h5-12H,1-4H3,(H2,26,27,28,29). The second-order valence-corrected chi connectivity index (χ2v) is 10.0. The molecule has 0 spiro atoms. The van der Waals surface area contributed by atoms with Crippen LogP contribution in [-0.2, 0) is 19.7 Å². The van der Waals surface area contributed by atoms with Gasteiger partial charge in [0.15, 0.2) is 11.5 Å². The average Bonchev–Trinajstić information content (AvgIpc) is 2.88. The van der Waals surface area contributed by atoms with Crippen LogP contribution < -0.4 is 20.1 Å². The first-order valence-electron chi connectivity index (χ1n) is 10.4. The smallest absolute Gasteiger partial charge is 0.492 e. The maximum absolute atomic E-state index is 12.7. The molecule has 3 aromatic rings. The van der Waals surface area contributed by atoms with Crippen molar-refractivity contribution in [3.05, 3.63) is 48.8 Å². The fraction of sp³-hybridized carbons (Fsp3) is 0.227. The molecule has 0 aliphatic rings. The second-order valence-electron chi connectivity index (χ2n) is 7.26. The van der Waals surface area contributed by atoms with E-state index in [-0.39, 0.29) is 16.0 Å². The van der Waals surface area contributed by atoms with Gasteiger partial charge < -0.3 is 24.9 Å². The number of sulfonamides is 1. The molecule has 0 radical (unpaired) electrons. The number of halogens is 3. The zero-order valence-electron chi connectivity index (χ0n) is 20.4. The van der Waals surface area contributed by atoms with Crippen LogP contribution in [0.15, 0.2) is 58.6 Å². The summed E-state index contributed by atoms with van der Waals surface area (Å²) in [4.78, 5) is 23.5. The van der Waals surface area contributed by atoms with Gasteiger partial charge in [-0.25, -0.2) is 23.2 Å². The molecule has 0 saturated carbocycles. The van der Waals surface area contributed by atoms with Crippen LogP contribution in [0.2, 0.25) is 0 Å². The highest BCUT2D eigenvalue weighted by atomic mass is 32.2. The van der Waals surface area contributed by atoms with Crippen LogP contribution in [0, 0.1) is 0 Å². The van der Waals surface area contributed by atoms with Gasteiger partial charge in [0.05, 0.1) is 24.8 Å². The number of methoxy groups -OCH3 is 2. The predicted molar refractivity (Wildman–Crippen MR) is 133 cm³/mol. The highest BCUT2D eigenvalue weighted by Gasteiger charge is 2.43. The minimum absolute atomic E-state index is 0.142. The van der Waals surface area contributed by atoms with Gasteiger partial charge in [0.25, 0.3) is 10.0 Å². The summed E-state index contributed by atoms with van der Waals surface area (Å²) in [6.07, 6.45) is -2.35. The number of hydrogen-bond acceptors (Lipinski definition) is 11. The number of nitrogens with one attached hydrogen (secondary N) is 2. The van der Waals surface area contributed by atoms with Crippen LogP contribution in [0.25, 0.3) is 0 Å². The van der Waals surface area contributed by atoms with Crippen LogP contribution >= 0.6 is 11.8 Å². The molecule has 3 rings (SSSR count). The van der Waals surface area contributed by atoms with Gasteiger partial charge in [-0.3, -0.25) is 0 Å².